The molecule has 0 spiro atoms. The molecule has 0 fully saturated rings. The summed E-state index contributed by atoms with van der Waals surface area (Å²) in [6.45, 7) is 3.90. The quantitative estimate of drug-likeness (QED) is 0.742. The Kier molecular flexibility index (Phi) is 5.74. The Morgan fingerprint density at radius 3 is 2.91 bits per heavy atom. The average molecular weight is 316 g/mol. The van der Waals surface area contributed by atoms with Crippen molar-refractivity contribution in [3.63, 3.8) is 0 Å². The van der Waals surface area contributed by atoms with E-state index in [1.165, 1.54) is 0 Å². The van der Waals surface area contributed by atoms with Crippen molar-refractivity contribution in [3.8, 4) is 11.5 Å². The molecule has 0 bridgehead atoms. The van der Waals surface area contributed by atoms with Gasteiger partial charge in [-0.25, -0.2) is 0 Å². The molecular weight excluding hydrogens is 296 g/mol. The lowest BCUT2D eigenvalue weighted by molar-refractivity contribution is -0.123. The standard InChI is InChI=1S/C16H20N4O3/c1-4-5-12-6-7-13(14(8-12)22-3)23-10-16(21)17-9-15-19-18-11-20(15)2/h4,6-8,11H,1,5,9-10H2,2-3H3,(H,17,21). The molecule has 0 saturated carbocycles. The summed E-state index contributed by atoms with van der Waals surface area (Å²) in [6.07, 6.45) is 4.14. The number of rotatable bonds is 8. The zero-order valence-corrected chi connectivity index (χ0v) is 13.3. The molecule has 7 heteroatoms. The van der Waals surface area contributed by atoms with E-state index in [2.05, 4.69) is 22.1 Å². The van der Waals surface area contributed by atoms with Gasteiger partial charge in [-0.1, -0.05) is 12.1 Å². The Balaban J connectivity index is 1.88. The minimum Gasteiger partial charge on any atom is -0.493 e. The smallest absolute Gasteiger partial charge is 0.258 e. The number of ether oxygens (including phenoxy) is 2. The number of amides is 1. The maximum atomic E-state index is 11.8. The van der Waals surface area contributed by atoms with Crippen LogP contribution in [-0.4, -0.2) is 34.4 Å². The SMILES string of the molecule is C=CCc1ccc(OCC(=O)NCc2nncn2C)c(OC)c1. The molecule has 2 rings (SSSR count). The zero-order chi connectivity index (χ0) is 16.7. The number of nitrogens with zero attached hydrogens (tertiary/aromatic N) is 3. The molecule has 1 heterocycles. The summed E-state index contributed by atoms with van der Waals surface area (Å²) in [5.74, 6) is 1.54. The molecule has 1 aromatic carbocycles. The van der Waals surface area contributed by atoms with E-state index < -0.39 is 0 Å². The van der Waals surface area contributed by atoms with E-state index in [1.807, 2.05) is 25.3 Å². The Morgan fingerprint density at radius 2 is 2.26 bits per heavy atom. The first-order valence-corrected chi connectivity index (χ1v) is 7.14. The second kappa shape index (κ2) is 7.98. The number of aromatic nitrogens is 3. The van der Waals surface area contributed by atoms with Crippen LogP contribution in [0.1, 0.15) is 11.4 Å². The van der Waals surface area contributed by atoms with Crippen LogP contribution in [0.3, 0.4) is 0 Å². The van der Waals surface area contributed by atoms with Crippen molar-refractivity contribution in [1.82, 2.24) is 20.1 Å². The number of benzene rings is 1. The third kappa shape index (κ3) is 4.57. The van der Waals surface area contributed by atoms with Gasteiger partial charge in [0.15, 0.2) is 23.9 Å². The molecule has 0 radical (unpaired) electrons. The molecule has 7 nitrogen and oxygen atoms in total. The van der Waals surface area contributed by atoms with Crippen LogP contribution < -0.4 is 14.8 Å². The second-order valence-corrected chi connectivity index (χ2v) is 4.90. The molecule has 1 aromatic heterocycles. The highest BCUT2D eigenvalue weighted by Crippen LogP contribution is 2.28. The fraction of sp³-hybridized carbons (Fsp3) is 0.312. The van der Waals surface area contributed by atoms with Gasteiger partial charge in [-0.05, 0) is 24.1 Å². The highest BCUT2D eigenvalue weighted by atomic mass is 16.5. The summed E-state index contributed by atoms with van der Waals surface area (Å²) >= 11 is 0. The molecule has 0 unspecified atom stereocenters. The van der Waals surface area contributed by atoms with Gasteiger partial charge >= 0.3 is 0 Å². The maximum absolute atomic E-state index is 11.8. The summed E-state index contributed by atoms with van der Waals surface area (Å²) in [5.41, 5.74) is 1.07. The number of allylic oxidation sites excluding steroid dienone is 1. The van der Waals surface area contributed by atoms with Gasteiger partial charge in [0.05, 0.1) is 13.7 Å². The maximum Gasteiger partial charge on any atom is 0.258 e. The molecule has 1 amide bonds. The summed E-state index contributed by atoms with van der Waals surface area (Å²) in [7, 11) is 3.38. The van der Waals surface area contributed by atoms with Crippen molar-refractivity contribution in [2.45, 2.75) is 13.0 Å². The number of aryl methyl sites for hydroxylation is 1. The third-order valence-electron chi connectivity index (χ3n) is 3.22. The minimum atomic E-state index is -0.245. The molecule has 2 aromatic rings. The van der Waals surface area contributed by atoms with E-state index in [-0.39, 0.29) is 12.5 Å². The molecule has 0 saturated heterocycles. The van der Waals surface area contributed by atoms with E-state index in [9.17, 15) is 4.79 Å². The highest BCUT2D eigenvalue weighted by Gasteiger charge is 2.09. The lowest BCUT2D eigenvalue weighted by atomic mass is 10.1. The van der Waals surface area contributed by atoms with Crippen LogP contribution in [0.5, 0.6) is 11.5 Å². The number of hydrogen-bond acceptors (Lipinski definition) is 5. The number of hydrogen-bond donors (Lipinski definition) is 1. The first-order valence-electron chi connectivity index (χ1n) is 7.14. The fourth-order valence-corrected chi connectivity index (χ4v) is 1.96. The van der Waals surface area contributed by atoms with Gasteiger partial charge in [-0.2, -0.15) is 0 Å². The molecule has 1 N–H and O–H groups in total. The fourth-order valence-electron chi connectivity index (χ4n) is 1.96. The average Bonchev–Trinajstić information content (AvgIpc) is 2.97. The Hall–Kier alpha value is -2.83. The van der Waals surface area contributed by atoms with E-state index in [0.29, 0.717) is 23.9 Å². The molecule has 23 heavy (non-hydrogen) atoms. The Bertz CT molecular complexity index is 682. The van der Waals surface area contributed by atoms with Crippen LogP contribution in [0, 0.1) is 0 Å². The highest BCUT2D eigenvalue weighted by molar-refractivity contribution is 5.77. The molecule has 122 valence electrons. The van der Waals surface area contributed by atoms with E-state index in [1.54, 1.807) is 24.1 Å². The van der Waals surface area contributed by atoms with Gasteiger partial charge in [-0.3, -0.25) is 4.79 Å². The molecular formula is C16H20N4O3. The van der Waals surface area contributed by atoms with Gasteiger partial charge in [-0.15, -0.1) is 16.8 Å². The van der Waals surface area contributed by atoms with Crippen molar-refractivity contribution in [2.75, 3.05) is 13.7 Å². The van der Waals surface area contributed by atoms with E-state index in [4.69, 9.17) is 9.47 Å². The largest absolute Gasteiger partial charge is 0.493 e. The summed E-state index contributed by atoms with van der Waals surface area (Å²) < 4.78 is 12.5. The molecule has 0 aliphatic rings. The van der Waals surface area contributed by atoms with Crippen LogP contribution in [0.2, 0.25) is 0 Å². The van der Waals surface area contributed by atoms with Gasteiger partial charge in [0.1, 0.15) is 6.33 Å². The lowest BCUT2D eigenvalue weighted by Crippen LogP contribution is -2.29. The normalized spacial score (nSPS) is 10.2. The van der Waals surface area contributed by atoms with Gasteiger partial charge in [0, 0.05) is 7.05 Å². The predicted molar refractivity (Wildman–Crippen MR) is 85.2 cm³/mol. The first-order chi connectivity index (χ1) is 11.1. The van der Waals surface area contributed by atoms with Gasteiger partial charge in [0.25, 0.3) is 5.91 Å². The first kappa shape index (κ1) is 16.5. The van der Waals surface area contributed by atoms with Crippen LogP contribution in [0.4, 0.5) is 0 Å². The number of methoxy groups -OCH3 is 1. The Labute approximate surface area is 134 Å². The monoisotopic (exact) mass is 316 g/mol. The van der Waals surface area contributed by atoms with Crippen LogP contribution in [0.15, 0.2) is 37.2 Å². The second-order valence-electron chi connectivity index (χ2n) is 4.90. The number of carbonyl (C=O) groups excluding carboxylic acids is 1. The topological polar surface area (TPSA) is 78.3 Å². The number of nitrogens with one attached hydrogen (secondary N) is 1. The van der Waals surface area contributed by atoms with E-state index >= 15 is 0 Å². The predicted octanol–water partition coefficient (Wildman–Crippen LogP) is 1.25. The Morgan fingerprint density at radius 1 is 1.43 bits per heavy atom. The van der Waals surface area contributed by atoms with Gasteiger partial charge in [0.2, 0.25) is 0 Å². The third-order valence-corrected chi connectivity index (χ3v) is 3.22. The molecule has 0 atom stereocenters. The van der Waals surface area contributed by atoms with Gasteiger partial charge < -0.3 is 19.4 Å². The minimum absolute atomic E-state index is 0.102. The molecule has 0 aliphatic heterocycles. The summed E-state index contributed by atoms with van der Waals surface area (Å²) in [6, 6.07) is 5.57. The zero-order valence-electron chi connectivity index (χ0n) is 13.3. The number of carbonyl (C=O) groups is 1. The van der Waals surface area contributed by atoms with Crippen LogP contribution >= 0.6 is 0 Å². The molecule has 0 aliphatic carbocycles. The summed E-state index contributed by atoms with van der Waals surface area (Å²) in [4.78, 5) is 11.8. The van der Waals surface area contributed by atoms with Crippen LogP contribution in [-0.2, 0) is 24.8 Å². The van der Waals surface area contributed by atoms with Crippen molar-refractivity contribution >= 4 is 5.91 Å². The van der Waals surface area contributed by atoms with Crippen molar-refractivity contribution in [3.05, 3.63) is 48.6 Å². The van der Waals surface area contributed by atoms with Crippen molar-refractivity contribution < 1.29 is 14.3 Å². The van der Waals surface area contributed by atoms with E-state index in [0.717, 1.165) is 12.0 Å². The van der Waals surface area contributed by atoms with Crippen molar-refractivity contribution in [1.29, 1.82) is 0 Å². The van der Waals surface area contributed by atoms with Crippen LogP contribution in [0.25, 0.3) is 0 Å². The summed E-state index contributed by atoms with van der Waals surface area (Å²) in [5, 5.41) is 10.4. The lowest BCUT2D eigenvalue weighted by Gasteiger charge is -2.12. The van der Waals surface area contributed by atoms with Crippen molar-refractivity contribution in [2.24, 2.45) is 7.05 Å².